The molecule has 0 aliphatic carbocycles. The highest BCUT2D eigenvalue weighted by Crippen LogP contribution is 2.27. The molecule has 2 heterocycles. The molecule has 1 saturated heterocycles. The van der Waals surface area contributed by atoms with Gasteiger partial charge in [-0.1, -0.05) is 0 Å². The van der Waals surface area contributed by atoms with Gasteiger partial charge < -0.3 is 14.5 Å². The molecule has 1 aromatic heterocycles. The first-order valence-corrected chi connectivity index (χ1v) is 9.57. The van der Waals surface area contributed by atoms with Gasteiger partial charge in [0.2, 0.25) is 11.9 Å². The second-order valence-electron chi connectivity index (χ2n) is 7.15. The van der Waals surface area contributed by atoms with Crippen LogP contribution in [0.2, 0.25) is 0 Å². The van der Waals surface area contributed by atoms with Gasteiger partial charge in [-0.25, -0.2) is 8.78 Å². The van der Waals surface area contributed by atoms with E-state index in [0.29, 0.717) is 11.7 Å². The zero-order chi connectivity index (χ0) is 20.4. The number of hydrogen-bond acceptors (Lipinski definition) is 5. The summed E-state index contributed by atoms with van der Waals surface area (Å²) < 4.78 is 34.1. The molecule has 0 saturated carbocycles. The smallest absolute Gasteiger partial charge is 0.232 e. The highest BCUT2D eigenvalue weighted by Gasteiger charge is 2.25. The van der Waals surface area contributed by atoms with Crippen LogP contribution < -0.4 is 14.5 Å². The van der Waals surface area contributed by atoms with Gasteiger partial charge in [0.1, 0.15) is 23.5 Å². The summed E-state index contributed by atoms with van der Waals surface area (Å²) in [6.45, 7) is 1.58. The minimum atomic E-state index is -0.272. The number of rotatable bonds is 5. The Labute approximate surface area is 180 Å². The van der Waals surface area contributed by atoms with Crippen molar-refractivity contribution < 1.29 is 13.5 Å². The summed E-state index contributed by atoms with van der Waals surface area (Å²) in [5, 5.41) is 8.68. The van der Waals surface area contributed by atoms with Crippen molar-refractivity contribution in [2.75, 3.05) is 29.9 Å². The van der Waals surface area contributed by atoms with E-state index in [0.717, 1.165) is 37.6 Å². The lowest BCUT2D eigenvalue weighted by molar-refractivity contribution is 0.170. The van der Waals surface area contributed by atoms with Crippen molar-refractivity contribution >= 4 is 30.0 Å². The first-order chi connectivity index (χ1) is 14.0. The van der Waals surface area contributed by atoms with Crippen molar-refractivity contribution in [1.82, 2.24) is 14.8 Å². The second-order valence-corrected chi connectivity index (χ2v) is 7.15. The van der Waals surface area contributed by atoms with E-state index in [1.807, 2.05) is 23.6 Å². The fourth-order valence-electron chi connectivity index (χ4n) is 3.54. The largest absolute Gasteiger partial charge is 0.490 e. The summed E-state index contributed by atoms with van der Waals surface area (Å²) in [6, 6.07) is 12.4. The van der Waals surface area contributed by atoms with Crippen LogP contribution in [0.4, 0.5) is 26.4 Å². The topological polar surface area (TPSA) is 46.4 Å². The zero-order valence-corrected chi connectivity index (χ0v) is 17.6. The van der Waals surface area contributed by atoms with Crippen LogP contribution in [-0.4, -0.2) is 41.0 Å². The van der Waals surface area contributed by atoms with Crippen LogP contribution in [0.25, 0.3) is 0 Å². The Morgan fingerprint density at radius 2 is 1.50 bits per heavy atom. The third-order valence-corrected chi connectivity index (χ3v) is 5.18. The van der Waals surface area contributed by atoms with Crippen molar-refractivity contribution in [3.05, 3.63) is 60.2 Å². The molecule has 4 rings (SSSR count). The van der Waals surface area contributed by atoms with Gasteiger partial charge in [-0.05, 0) is 48.5 Å². The van der Waals surface area contributed by atoms with Gasteiger partial charge in [-0.2, -0.15) is 0 Å². The van der Waals surface area contributed by atoms with Gasteiger partial charge >= 0.3 is 0 Å². The van der Waals surface area contributed by atoms with Crippen LogP contribution in [0.15, 0.2) is 48.5 Å². The lowest BCUT2D eigenvalue weighted by atomic mass is 10.1. The van der Waals surface area contributed by atoms with Crippen molar-refractivity contribution in [2.45, 2.75) is 18.9 Å². The first kappa shape index (κ1) is 21.8. The highest BCUT2D eigenvalue weighted by atomic mass is 35.5. The molecule has 9 heteroatoms. The number of ether oxygens (including phenoxy) is 1. The van der Waals surface area contributed by atoms with Crippen molar-refractivity contribution in [1.29, 1.82) is 0 Å². The predicted molar refractivity (Wildman–Crippen MR) is 115 cm³/mol. The maximum Gasteiger partial charge on any atom is 0.232 e. The van der Waals surface area contributed by atoms with E-state index in [4.69, 9.17) is 4.74 Å². The first-order valence-electron chi connectivity index (χ1n) is 9.57. The minimum absolute atomic E-state index is 0. The molecule has 0 amide bonds. The second kappa shape index (κ2) is 9.30. The molecule has 0 unspecified atom stereocenters. The van der Waals surface area contributed by atoms with Crippen LogP contribution in [0.1, 0.15) is 12.8 Å². The summed E-state index contributed by atoms with van der Waals surface area (Å²) in [5.74, 6) is 1.61. The normalized spacial score (nSPS) is 14.3. The van der Waals surface area contributed by atoms with Gasteiger partial charge in [0, 0.05) is 45.7 Å². The molecule has 30 heavy (non-hydrogen) atoms. The molecule has 160 valence electrons. The van der Waals surface area contributed by atoms with E-state index in [-0.39, 0.29) is 30.1 Å². The molecule has 0 radical (unpaired) electrons. The van der Waals surface area contributed by atoms with E-state index in [1.54, 1.807) is 24.3 Å². The molecule has 0 spiro atoms. The average Bonchev–Trinajstić information content (AvgIpc) is 3.12. The van der Waals surface area contributed by atoms with Crippen LogP contribution in [0, 0.1) is 11.6 Å². The van der Waals surface area contributed by atoms with E-state index in [1.165, 1.54) is 24.3 Å². The van der Waals surface area contributed by atoms with E-state index in [2.05, 4.69) is 15.1 Å². The molecule has 0 atom stereocenters. The Kier molecular flexibility index (Phi) is 6.77. The number of halogens is 3. The van der Waals surface area contributed by atoms with E-state index >= 15 is 0 Å². The van der Waals surface area contributed by atoms with Crippen LogP contribution in [0.5, 0.6) is 5.75 Å². The molecule has 3 aromatic rings. The minimum Gasteiger partial charge on any atom is -0.490 e. The molecule has 1 aliphatic heterocycles. The Morgan fingerprint density at radius 1 is 0.933 bits per heavy atom. The number of hydrogen-bond donors (Lipinski definition) is 0. The number of nitrogens with zero attached hydrogens (tertiary/aromatic N) is 5. The fourth-order valence-corrected chi connectivity index (χ4v) is 3.54. The quantitative estimate of drug-likeness (QED) is 0.597. The zero-order valence-electron chi connectivity index (χ0n) is 16.8. The Bertz CT molecular complexity index is 957. The molecule has 2 aromatic carbocycles. The number of piperidine rings is 1. The summed E-state index contributed by atoms with van der Waals surface area (Å²) >= 11 is 0. The predicted octanol–water partition coefficient (Wildman–Crippen LogP) is 4.33. The molecular formula is C21H24ClF2N5O. The third kappa shape index (κ3) is 4.64. The molecule has 1 fully saturated rings. The monoisotopic (exact) mass is 435 g/mol. The Balaban J connectivity index is 0.00000256. The highest BCUT2D eigenvalue weighted by molar-refractivity contribution is 5.85. The fraction of sp³-hybridized carbons (Fsp3) is 0.333. The maximum atomic E-state index is 13.2. The van der Waals surface area contributed by atoms with Gasteiger partial charge in [-0.3, -0.25) is 4.57 Å². The lowest BCUT2D eigenvalue weighted by Gasteiger charge is -2.32. The molecular weight excluding hydrogens is 412 g/mol. The van der Waals surface area contributed by atoms with Crippen molar-refractivity contribution in [2.24, 2.45) is 7.05 Å². The average molecular weight is 436 g/mol. The van der Waals surface area contributed by atoms with Crippen molar-refractivity contribution in [3.8, 4) is 5.75 Å². The SMILES string of the molecule is CN(c1ccc(F)cc1)c1nnc(N2CCC(Oc3ccc(F)cc3)CC2)n1C.Cl. The summed E-state index contributed by atoms with van der Waals surface area (Å²) in [6.07, 6.45) is 1.77. The van der Waals surface area contributed by atoms with Crippen molar-refractivity contribution in [3.63, 3.8) is 0 Å². The van der Waals surface area contributed by atoms with Gasteiger partial charge in [-0.15, -0.1) is 22.6 Å². The van der Waals surface area contributed by atoms with Gasteiger partial charge in [0.05, 0.1) is 0 Å². The van der Waals surface area contributed by atoms with Crippen LogP contribution in [-0.2, 0) is 7.05 Å². The summed E-state index contributed by atoms with van der Waals surface area (Å²) in [4.78, 5) is 4.06. The number of aromatic nitrogens is 3. The van der Waals surface area contributed by atoms with E-state index in [9.17, 15) is 8.78 Å². The Morgan fingerprint density at radius 3 is 2.10 bits per heavy atom. The van der Waals surface area contributed by atoms with E-state index < -0.39 is 0 Å². The Hall–Kier alpha value is -2.87. The van der Waals surface area contributed by atoms with Gasteiger partial charge in [0.25, 0.3) is 0 Å². The standard InChI is InChI=1S/C21H23F2N5O.ClH/c1-26(17-7-3-15(22)4-8-17)20-24-25-21(27(20)2)28-13-11-19(12-14-28)29-18-9-5-16(23)6-10-18;/h3-10,19H,11-14H2,1-2H3;1H. The summed E-state index contributed by atoms with van der Waals surface area (Å²) in [7, 11) is 3.80. The maximum absolute atomic E-state index is 13.2. The number of anilines is 3. The lowest BCUT2D eigenvalue weighted by Crippen LogP contribution is -2.39. The summed E-state index contributed by atoms with van der Waals surface area (Å²) in [5.41, 5.74) is 0.833. The van der Waals surface area contributed by atoms with Crippen LogP contribution in [0.3, 0.4) is 0 Å². The van der Waals surface area contributed by atoms with Crippen LogP contribution >= 0.6 is 12.4 Å². The number of benzene rings is 2. The molecule has 1 aliphatic rings. The molecule has 0 bridgehead atoms. The molecule has 0 N–H and O–H groups in total. The molecule has 6 nitrogen and oxygen atoms in total. The third-order valence-electron chi connectivity index (χ3n) is 5.18. The van der Waals surface area contributed by atoms with Gasteiger partial charge in [0.15, 0.2) is 0 Å².